The molecule has 0 spiro atoms. The van der Waals surface area contributed by atoms with Crippen LogP contribution in [0.25, 0.3) is 0 Å². The van der Waals surface area contributed by atoms with Crippen LogP contribution in [0.5, 0.6) is 5.88 Å². The molecule has 10 nitrogen and oxygen atoms in total. The molecule has 44 heavy (non-hydrogen) atoms. The van der Waals surface area contributed by atoms with Crippen LogP contribution in [-0.4, -0.2) is 62.3 Å². The minimum atomic E-state index is -4.62. The standard InChI is InChI=1S/C22H24F3N5O2.C3Cl6O3/c1-14-13-30(21(31)28-11-16-4-7-20(32-3)27-10-16)15(2)12-29(14)18-6-5-17(9-26)19(8-18)22(23,24)25;4-2(5,6)11-1(10)12-3(7,8)9/h4-8,10,14-15H,11-13H2,1-3H3,(H,28,31);/t14-,15+;/m0./s1. The highest BCUT2D eigenvalue weighted by Crippen LogP contribution is 2.36. The second kappa shape index (κ2) is 15.7. The molecule has 0 unspecified atom stereocenters. The van der Waals surface area contributed by atoms with E-state index >= 15 is 0 Å². The Labute approximate surface area is 280 Å². The largest absolute Gasteiger partial charge is 0.515 e. The number of ether oxygens (including phenoxy) is 3. The lowest BCUT2D eigenvalue weighted by Crippen LogP contribution is -2.60. The van der Waals surface area contributed by atoms with E-state index in [2.05, 4.69) is 19.8 Å². The number of carbonyl (C=O) groups is 2. The number of methoxy groups -OCH3 is 1. The van der Waals surface area contributed by atoms with Gasteiger partial charge in [-0.2, -0.15) is 18.4 Å². The second-order valence-electron chi connectivity index (χ2n) is 9.06. The number of urea groups is 1. The number of amides is 2. The molecule has 3 rings (SSSR count). The zero-order valence-corrected chi connectivity index (χ0v) is 27.5. The summed E-state index contributed by atoms with van der Waals surface area (Å²) in [6.07, 6.45) is -4.41. The minimum absolute atomic E-state index is 0.214. The number of rotatable bonds is 4. The fourth-order valence-electron chi connectivity index (χ4n) is 3.94. The van der Waals surface area contributed by atoms with E-state index in [9.17, 15) is 22.8 Å². The molecular formula is C25H24Cl6F3N5O5. The summed E-state index contributed by atoms with van der Waals surface area (Å²) in [6, 6.07) is 8.13. The van der Waals surface area contributed by atoms with Crippen molar-refractivity contribution in [3.8, 4) is 11.9 Å². The van der Waals surface area contributed by atoms with Crippen LogP contribution in [0.1, 0.15) is 30.5 Å². The number of pyridine rings is 1. The molecule has 2 heterocycles. The topological polar surface area (TPSA) is 117 Å². The van der Waals surface area contributed by atoms with E-state index in [0.29, 0.717) is 31.2 Å². The summed E-state index contributed by atoms with van der Waals surface area (Å²) in [7, 11) is 1.52. The van der Waals surface area contributed by atoms with E-state index < -0.39 is 31.4 Å². The number of piperazine rings is 1. The van der Waals surface area contributed by atoms with Gasteiger partial charge in [0.05, 0.1) is 24.3 Å². The van der Waals surface area contributed by atoms with Gasteiger partial charge in [-0.05, 0) is 107 Å². The van der Waals surface area contributed by atoms with Crippen molar-refractivity contribution < 1.29 is 37.0 Å². The van der Waals surface area contributed by atoms with Crippen LogP contribution >= 0.6 is 69.6 Å². The van der Waals surface area contributed by atoms with Gasteiger partial charge in [0.1, 0.15) is 0 Å². The molecule has 1 aliphatic heterocycles. The second-order valence-corrected chi connectivity index (χ2v) is 13.4. The first-order valence-corrected chi connectivity index (χ1v) is 14.5. The van der Waals surface area contributed by atoms with Crippen LogP contribution in [0, 0.1) is 11.3 Å². The van der Waals surface area contributed by atoms with Crippen LogP contribution in [0.3, 0.4) is 0 Å². The number of nitriles is 1. The highest BCUT2D eigenvalue weighted by atomic mass is 35.6. The number of nitrogens with zero attached hydrogens (tertiary/aromatic N) is 4. The molecule has 19 heteroatoms. The summed E-state index contributed by atoms with van der Waals surface area (Å²) in [5, 5.41) is 11.9. The third-order valence-corrected chi connectivity index (χ3v) is 6.32. The molecule has 2 aromatic rings. The van der Waals surface area contributed by atoms with Crippen molar-refractivity contribution in [2.45, 2.75) is 46.6 Å². The first kappa shape index (κ1) is 37.7. The fourth-order valence-corrected chi connectivity index (χ4v) is 4.32. The summed E-state index contributed by atoms with van der Waals surface area (Å²) in [6.45, 7) is 4.70. The van der Waals surface area contributed by atoms with Gasteiger partial charge in [0.2, 0.25) is 5.88 Å². The Bertz CT molecular complexity index is 1320. The van der Waals surface area contributed by atoms with Crippen molar-refractivity contribution in [3.63, 3.8) is 0 Å². The molecule has 0 aliphatic carbocycles. The smallest absolute Gasteiger partial charge is 0.481 e. The SMILES string of the molecule is COc1ccc(CNC(=O)N2C[C@H](C)N(c3ccc(C#N)c(C(F)(F)F)c3)C[C@H]2C)cn1.O=C(OC(Cl)(Cl)Cl)OC(Cl)(Cl)Cl. The number of nitrogens with one attached hydrogen (secondary N) is 1. The molecule has 1 saturated heterocycles. The zero-order chi connectivity index (χ0) is 33.5. The Kier molecular flexibility index (Phi) is 13.5. The molecule has 2 atom stereocenters. The zero-order valence-electron chi connectivity index (χ0n) is 23.0. The van der Waals surface area contributed by atoms with Crippen molar-refractivity contribution in [2.24, 2.45) is 0 Å². The fraction of sp³-hybridized carbons (Fsp3) is 0.440. The number of anilines is 1. The Balaban J connectivity index is 0.000000477. The van der Waals surface area contributed by atoms with Gasteiger partial charge < -0.3 is 29.3 Å². The van der Waals surface area contributed by atoms with Gasteiger partial charge in [-0.15, -0.1) is 0 Å². The highest BCUT2D eigenvalue weighted by molar-refractivity contribution is 6.67. The van der Waals surface area contributed by atoms with Gasteiger partial charge in [-0.1, -0.05) is 6.07 Å². The number of hydrogen-bond acceptors (Lipinski definition) is 8. The molecule has 2 amide bonds. The molecule has 1 N–H and O–H groups in total. The Hall–Kier alpha value is -2.47. The average molecular weight is 744 g/mol. The summed E-state index contributed by atoms with van der Waals surface area (Å²) in [5.74, 6) is 0.482. The number of alkyl halides is 9. The first-order chi connectivity index (χ1) is 20.2. The summed E-state index contributed by atoms with van der Waals surface area (Å²) in [5.41, 5.74) is -0.172. The molecule has 1 aromatic carbocycles. The molecule has 242 valence electrons. The molecule has 1 aliphatic rings. The van der Waals surface area contributed by atoms with Crippen molar-refractivity contribution >= 4 is 87.5 Å². The lowest BCUT2D eigenvalue weighted by molar-refractivity contribution is -0.137. The van der Waals surface area contributed by atoms with Gasteiger partial charge in [0, 0.05) is 49.7 Å². The molecule has 1 aromatic heterocycles. The third kappa shape index (κ3) is 12.1. The van der Waals surface area contributed by atoms with E-state index in [1.807, 2.05) is 18.7 Å². The van der Waals surface area contributed by atoms with E-state index in [1.54, 1.807) is 29.3 Å². The summed E-state index contributed by atoms with van der Waals surface area (Å²) < 4.78 is 48.6. The maximum absolute atomic E-state index is 13.3. The van der Waals surface area contributed by atoms with Crippen molar-refractivity contribution in [2.75, 3.05) is 25.1 Å². The van der Waals surface area contributed by atoms with E-state index in [0.717, 1.165) is 11.6 Å². The molecule has 0 bridgehead atoms. The van der Waals surface area contributed by atoms with E-state index in [-0.39, 0.29) is 18.1 Å². The quantitative estimate of drug-likeness (QED) is 0.252. The number of halogens is 9. The van der Waals surface area contributed by atoms with Gasteiger partial charge in [0.25, 0.3) is 0 Å². The first-order valence-electron chi connectivity index (χ1n) is 12.2. The van der Waals surface area contributed by atoms with Gasteiger partial charge in [0.15, 0.2) is 0 Å². The highest BCUT2D eigenvalue weighted by Gasteiger charge is 2.37. The molecule has 0 radical (unpaired) electrons. The Morgan fingerprint density at radius 3 is 2.11 bits per heavy atom. The predicted molar refractivity (Wildman–Crippen MR) is 160 cm³/mol. The van der Waals surface area contributed by atoms with Crippen LogP contribution in [0.2, 0.25) is 0 Å². The maximum atomic E-state index is 13.3. The number of carbonyl (C=O) groups excluding carboxylic acids is 2. The lowest BCUT2D eigenvalue weighted by Gasteiger charge is -2.45. The maximum Gasteiger partial charge on any atom is 0.515 e. The van der Waals surface area contributed by atoms with Gasteiger partial charge >= 0.3 is 26.3 Å². The van der Waals surface area contributed by atoms with Gasteiger partial charge in [-0.25, -0.2) is 14.6 Å². The van der Waals surface area contributed by atoms with E-state index in [4.69, 9.17) is 79.6 Å². The van der Waals surface area contributed by atoms with E-state index in [1.165, 1.54) is 19.2 Å². The number of hydrogen-bond donors (Lipinski definition) is 1. The summed E-state index contributed by atoms with van der Waals surface area (Å²) in [4.78, 5) is 30.9. The lowest BCUT2D eigenvalue weighted by atomic mass is 10.0. The van der Waals surface area contributed by atoms with Gasteiger partial charge in [-0.3, -0.25) is 0 Å². The monoisotopic (exact) mass is 741 g/mol. The molecule has 0 saturated carbocycles. The molecular weight excluding hydrogens is 720 g/mol. The van der Waals surface area contributed by atoms with Crippen LogP contribution in [0.15, 0.2) is 36.5 Å². The minimum Gasteiger partial charge on any atom is -0.481 e. The van der Waals surface area contributed by atoms with Crippen molar-refractivity contribution in [1.82, 2.24) is 15.2 Å². The summed E-state index contributed by atoms with van der Waals surface area (Å²) >= 11 is 30.2. The average Bonchev–Trinajstić information content (AvgIpc) is 2.90. The normalized spacial score (nSPS) is 17.1. The van der Waals surface area contributed by atoms with Crippen LogP contribution in [0.4, 0.5) is 28.4 Å². The number of benzene rings is 1. The third-order valence-electron chi connectivity index (χ3n) is 5.86. The molecule has 1 fully saturated rings. The Morgan fingerprint density at radius 2 is 1.64 bits per heavy atom. The van der Waals surface area contributed by atoms with Crippen molar-refractivity contribution in [1.29, 1.82) is 5.26 Å². The predicted octanol–water partition coefficient (Wildman–Crippen LogP) is 7.58. The van der Waals surface area contributed by atoms with Crippen LogP contribution < -0.4 is 15.0 Å². The number of aromatic nitrogens is 1. The van der Waals surface area contributed by atoms with Crippen LogP contribution in [-0.2, 0) is 22.2 Å². The Morgan fingerprint density at radius 1 is 1.02 bits per heavy atom. The van der Waals surface area contributed by atoms with Crippen molar-refractivity contribution in [3.05, 3.63) is 53.2 Å².